The summed E-state index contributed by atoms with van der Waals surface area (Å²) in [5.41, 5.74) is 1.15. The molecule has 0 radical (unpaired) electrons. The minimum absolute atomic E-state index is 0.128. The van der Waals surface area contributed by atoms with Gasteiger partial charge in [-0.05, 0) is 47.9 Å². The third kappa shape index (κ3) is 9.68. The van der Waals surface area contributed by atoms with Gasteiger partial charge in [0.2, 0.25) is 17.7 Å². The van der Waals surface area contributed by atoms with Crippen LogP contribution in [-0.2, 0) is 24.7 Å². The average Bonchev–Trinajstić information content (AvgIpc) is 3.06. The van der Waals surface area contributed by atoms with Crippen LogP contribution in [0.4, 0.5) is 4.79 Å². The molecule has 0 unspecified atom stereocenters. The van der Waals surface area contributed by atoms with E-state index in [0.717, 1.165) is 16.7 Å². The number of hydrogen-bond acceptors (Lipinski definition) is 8. The molecule has 3 aromatic rings. The summed E-state index contributed by atoms with van der Waals surface area (Å²) in [6.45, 7) is -0.0298. The average molecular weight is 623 g/mol. The van der Waals surface area contributed by atoms with Gasteiger partial charge in [0, 0.05) is 0 Å². The van der Waals surface area contributed by atoms with Crippen LogP contribution in [0, 0.1) is 0 Å². The van der Waals surface area contributed by atoms with Crippen LogP contribution >= 0.6 is 0 Å². The fraction of sp³-hybridized carbons (Fsp3) is 0.312. The lowest BCUT2D eigenvalue weighted by Gasteiger charge is -2.37. The molecule has 2 atom stereocenters. The molecular weight excluding hydrogens is 584 g/mol. The first kappa shape index (κ1) is 34.4. The Morgan fingerprint density at radius 3 is 1.58 bits per heavy atom. The molecule has 45 heavy (non-hydrogen) atoms. The maximum absolute atomic E-state index is 12.8. The summed E-state index contributed by atoms with van der Waals surface area (Å²) in [6.07, 6.45) is -2.41. The number of carbonyl (C=O) groups excluding carboxylic acids is 3. The first-order valence-electron chi connectivity index (χ1n) is 14.0. The van der Waals surface area contributed by atoms with Crippen molar-refractivity contribution in [2.24, 2.45) is 0 Å². The Morgan fingerprint density at radius 2 is 1.13 bits per heavy atom. The zero-order valence-electron chi connectivity index (χ0n) is 25.2. The predicted molar refractivity (Wildman–Crippen MR) is 164 cm³/mol. The molecule has 13 heteroatoms. The lowest BCUT2D eigenvalue weighted by atomic mass is 9.80. The van der Waals surface area contributed by atoms with Crippen molar-refractivity contribution >= 4 is 23.8 Å². The van der Waals surface area contributed by atoms with Gasteiger partial charge >= 0.3 is 6.09 Å². The molecule has 0 aliphatic rings. The molecule has 3 aromatic carbocycles. The van der Waals surface area contributed by atoms with Crippen LogP contribution in [-0.4, -0.2) is 86.6 Å². The molecule has 0 aliphatic heterocycles. The van der Waals surface area contributed by atoms with E-state index in [9.17, 15) is 24.3 Å². The highest BCUT2D eigenvalue weighted by Crippen LogP contribution is 2.41. The molecule has 0 aromatic heterocycles. The number of methoxy groups -OCH3 is 2. The van der Waals surface area contributed by atoms with Crippen LogP contribution in [0.3, 0.4) is 0 Å². The van der Waals surface area contributed by atoms with Gasteiger partial charge in [0.05, 0.1) is 52.6 Å². The van der Waals surface area contributed by atoms with Gasteiger partial charge < -0.3 is 45.7 Å². The lowest BCUT2D eigenvalue weighted by molar-refractivity contribution is -0.128. The van der Waals surface area contributed by atoms with Gasteiger partial charge in [-0.15, -0.1) is 0 Å². The highest BCUT2D eigenvalue weighted by molar-refractivity contribution is 5.89. The Morgan fingerprint density at radius 1 is 0.689 bits per heavy atom. The Bertz CT molecular complexity index is 1370. The van der Waals surface area contributed by atoms with Gasteiger partial charge in [-0.25, -0.2) is 4.79 Å². The molecule has 0 fully saturated rings. The highest BCUT2D eigenvalue weighted by Gasteiger charge is 2.39. The summed E-state index contributed by atoms with van der Waals surface area (Å²) in [7, 11) is 3.15. The van der Waals surface area contributed by atoms with Crippen LogP contribution in [0.5, 0.6) is 11.5 Å². The topological polar surface area (TPSA) is 185 Å². The molecule has 3 rings (SSSR count). The van der Waals surface area contributed by atoms with Gasteiger partial charge in [0.15, 0.2) is 0 Å². The van der Waals surface area contributed by atoms with Crippen LogP contribution in [0.15, 0.2) is 78.9 Å². The number of rotatable bonds is 16. The van der Waals surface area contributed by atoms with Crippen molar-refractivity contribution in [3.8, 4) is 11.5 Å². The molecule has 13 nitrogen and oxygen atoms in total. The molecule has 6 N–H and O–H groups in total. The second-order valence-corrected chi connectivity index (χ2v) is 9.94. The van der Waals surface area contributed by atoms with Crippen molar-refractivity contribution in [3.63, 3.8) is 0 Å². The predicted octanol–water partition coefficient (Wildman–Crippen LogP) is 1.38. The van der Waals surface area contributed by atoms with E-state index in [4.69, 9.17) is 19.3 Å². The summed E-state index contributed by atoms with van der Waals surface area (Å²) >= 11 is 0. The third-order valence-electron chi connectivity index (χ3n) is 6.87. The fourth-order valence-electron chi connectivity index (χ4n) is 4.49. The summed E-state index contributed by atoms with van der Waals surface area (Å²) in [5, 5.41) is 28.3. The van der Waals surface area contributed by atoms with E-state index in [2.05, 4.69) is 16.0 Å². The fourth-order valence-corrected chi connectivity index (χ4v) is 4.49. The maximum atomic E-state index is 12.8. The van der Waals surface area contributed by atoms with Crippen LogP contribution in [0.25, 0.3) is 0 Å². The van der Waals surface area contributed by atoms with Gasteiger partial charge in [0.1, 0.15) is 17.1 Å². The van der Waals surface area contributed by atoms with Crippen LogP contribution < -0.4 is 30.7 Å². The summed E-state index contributed by atoms with van der Waals surface area (Å²) in [6, 6.07) is 23.5. The number of benzene rings is 3. The number of hydrogen-bond donors (Lipinski definition) is 6. The van der Waals surface area contributed by atoms with Crippen molar-refractivity contribution < 1.29 is 43.6 Å². The number of carboxylic acid groups (broad SMARTS) is 1. The Kier molecular flexibility index (Phi) is 12.7. The number of carbonyl (C=O) groups is 4. The number of aliphatic hydroxyl groups is 1. The van der Waals surface area contributed by atoms with Crippen LogP contribution in [0.2, 0.25) is 0 Å². The van der Waals surface area contributed by atoms with Gasteiger partial charge in [-0.2, -0.15) is 0 Å². The number of ether oxygens (including phenoxy) is 3. The maximum Gasteiger partial charge on any atom is 0.405 e. The van der Waals surface area contributed by atoms with Crippen molar-refractivity contribution in [3.05, 3.63) is 95.6 Å². The monoisotopic (exact) mass is 622 g/mol. The minimum atomic E-state index is -1.38. The van der Waals surface area contributed by atoms with Crippen molar-refractivity contribution in [2.75, 3.05) is 40.5 Å². The number of nitrogens with one attached hydrogen (secondary N) is 4. The standard InChI is InChI=1S/C32H38N4O9/c1-21(37)27(36-30(40)19-34-28(38)17-33-29(39)18-35-31(41)42)20-45-32(22-7-5-4-6-8-22,23-9-13-25(43-2)14-10-23)24-11-15-26(44-3)16-12-24/h4-16,21,27,35,37H,17-20H2,1-3H3,(H,33,39)(H,34,38)(H,36,40)(H,41,42)/t21-,27-/m1/s1. The molecule has 0 saturated carbocycles. The normalized spacial score (nSPS) is 12.3. The van der Waals surface area contributed by atoms with E-state index >= 15 is 0 Å². The third-order valence-corrected chi connectivity index (χ3v) is 6.87. The van der Waals surface area contributed by atoms with E-state index in [1.54, 1.807) is 14.2 Å². The SMILES string of the molecule is COc1ccc(C(OC[C@@H](NC(=O)CNC(=O)CNC(=O)CNC(=O)O)[C@@H](C)O)(c2ccccc2)c2ccc(OC)cc2)cc1. The van der Waals surface area contributed by atoms with Gasteiger partial charge in [0.25, 0.3) is 0 Å². The molecule has 4 amide bonds. The van der Waals surface area contributed by atoms with Crippen LogP contribution in [0.1, 0.15) is 23.6 Å². The number of amides is 4. The largest absolute Gasteiger partial charge is 0.497 e. The van der Waals surface area contributed by atoms with E-state index in [-0.39, 0.29) is 6.61 Å². The highest BCUT2D eigenvalue weighted by atomic mass is 16.5. The van der Waals surface area contributed by atoms with Crippen molar-refractivity contribution in [2.45, 2.75) is 24.7 Å². The van der Waals surface area contributed by atoms with E-state index in [1.807, 2.05) is 84.2 Å². The Labute approximate surface area is 260 Å². The molecule has 240 valence electrons. The molecule has 0 aliphatic carbocycles. The van der Waals surface area contributed by atoms with Gasteiger partial charge in [-0.3, -0.25) is 14.4 Å². The molecule has 0 spiro atoms. The van der Waals surface area contributed by atoms with Crippen molar-refractivity contribution in [1.82, 2.24) is 21.3 Å². The molecule has 0 saturated heterocycles. The van der Waals surface area contributed by atoms with E-state index < -0.39 is 61.2 Å². The molecular formula is C32H38N4O9. The zero-order valence-corrected chi connectivity index (χ0v) is 25.2. The smallest absolute Gasteiger partial charge is 0.405 e. The summed E-state index contributed by atoms with van der Waals surface area (Å²) in [4.78, 5) is 46.9. The first-order chi connectivity index (χ1) is 21.6. The molecule has 0 bridgehead atoms. The Hall–Kier alpha value is -5.14. The van der Waals surface area contributed by atoms with E-state index in [1.165, 1.54) is 6.92 Å². The second kappa shape index (κ2) is 16.6. The number of aliphatic hydroxyl groups excluding tert-OH is 1. The minimum Gasteiger partial charge on any atom is -0.497 e. The summed E-state index contributed by atoms with van der Waals surface area (Å²) < 4.78 is 17.5. The van der Waals surface area contributed by atoms with E-state index in [0.29, 0.717) is 11.5 Å². The molecule has 0 heterocycles. The van der Waals surface area contributed by atoms with Crippen molar-refractivity contribution in [1.29, 1.82) is 0 Å². The zero-order chi connectivity index (χ0) is 32.8. The quantitative estimate of drug-likeness (QED) is 0.128. The van der Waals surface area contributed by atoms with Gasteiger partial charge in [-0.1, -0.05) is 54.6 Å². The lowest BCUT2D eigenvalue weighted by Crippen LogP contribution is -2.51. The first-order valence-corrected chi connectivity index (χ1v) is 14.0. The summed E-state index contributed by atoms with van der Waals surface area (Å²) in [5.74, 6) is -0.665. The second-order valence-electron chi connectivity index (χ2n) is 9.94. The Balaban J connectivity index is 1.81.